The summed E-state index contributed by atoms with van der Waals surface area (Å²) >= 11 is 2.34. The van der Waals surface area contributed by atoms with Crippen molar-refractivity contribution in [1.82, 2.24) is 10.6 Å². The molecule has 2 N–H and O–H groups in total. The molecule has 0 bridgehead atoms. The molecule has 0 aliphatic heterocycles. The van der Waals surface area contributed by atoms with E-state index in [4.69, 9.17) is 5.26 Å². The van der Waals surface area contributed by atoms with Crippen LogP contribution in [0, 0.1) is 15.0 Å². The Hall–Kier alpha value is -1.29. The Morgan fingerprint density at radius 2 is 2.21 bits per heavy atom. The predicted molar refractivity (Wildman–Crippen MR) is 86.8 cm³/mol. The highest BCUT2D eigenvalue weighted by Crippen LogP contribution is 2.10. The van der Waals surface area contributed by atoms with Gasteiger partial charge < -0.3 is 5.32 Å². The minimum atomic E-state index is 0.542. The van der Waals surface area contributed by atoms with Crippen molar-refractivity contribution in [1.29, 1.82) is 5.26 Å². The van der Waals surface area contributed by atoms with Crippen molar-refractivity contribution in [2.24, 2.45) is 4.99 Å². The molecule has 4 nitrogen and oxygen atoms in total. The molecule has 0 spiro atoms. The Morgan fingerprint density at radius 3 is 2.89 bits per heavy atom. The summed E-state index contributed by atoms with van der Waals surface area (Å²) in [5.74, 6) is 0.542. The number of halogens is 1. The van der Waals surface area contributed by atoms with Crippen LogP contribution in [0.3, 0.4) is 0 Å². The zero-order chi connectivity index (χ0) is 13.9. The van der Waals surface area contributed by atoms with Crippen molar-refractivity contribution in [2.45, 2.75) is 25.7 Å². The molecule has 0 saturated heterocycles. The number of hydrogen-bond donors (Lipinski definition) is 2. The van der Waals surface area contributed by atoms with Crippen LogP contribution in [0.1, 0.15) is 24.8 Å². The van der Waals surface area contributed by atoms with Gasteiger partial charge >= 0.3 is 0 Å². The van der Waals surface area contributed by atoms with Gasteiger partial charge in [-0.15, -0.1) is 0 Å². The Balaban J connectivity index is 2.10. The molecule has 0 amide bonds. The number of guanidine groups is 1. The van der Waals surface area contributed by atoms with Crippen LogP contribution in [-0.2, 0) is 6.42 Å². The Kier molecular flexibility index (Phi) is 7.98. The average molecular weight is 370 g/mol. The van der Waals surface area contributed by atoms with E-state index in [1.807, 2.05) is 6.19 Å². The lowest BCUT2D eigenvalue weighted by Gasteiger charge is -2.06. The summed E-state index contributed by atoms with van der Waals surface area (Å²) in [6.07, 6.45) is 6.42. The highest BCUT2D eigenvalue weighted by atomic mass is 127. The van der Waals surface area contributed by atoms with E-state index >= 15 is 0 Å². The molecular formula is C14H19IN4. The molecule has 0 aromatic heterocycles. The maximum atomic E-state index is 8.47. The quantitative estimate of drug-likeness (QED) is 0.202. The summed E-state index contributed by atoms with van der Waals surface area (Å²) in [5.41, 5.74) is 1.40. The summed E-state index contributed by atoms with van der Waals surface area (Å²) in [6.45, 7) is 0.841. The maximum absolute atomic E-state index is 8.47. The molecule has 0 radical (unpaired) electrons. The molecule has 102 valence electrons. The Labute approximate surface area is 128 Å². The van der Waals surface area contributed by atoms with Gasteiger partial charge in [0.25, 0.3) is 0 Å². The normalized spacial score (nSPS) is 10.9. The van der Waals surface area contributed by atoms with Gasteiger partial charge in [-0.1, -0.05) is 18.6 Å². The molecule has 19 heavy (non-hydrogen) atoms. The molecule has 1 rings (SSSR count). The number of unbranched alkanes of at least 4 members (excludes halogenated alkanes) is 2. The van der Waals surface area contributed by atoms with E-state index in [9.17, 15) is 0 Å². The lowest BCUT2D eigenvalue weighted by molar-refractivity contribution is 0.660. The van der Waals surface area contributed by atoms with Crippen LogP contribution < -0.4 is 10.6 Å². The van der Waals surface area contributed by atoms with Crippen LogP contribution in [0.2, 0.25) is 0 Å². The maximum Gasteiger partial charge on any atom is 0.204 e. The van der Waals surface area contributed by atoms with E-state index in [-0.39, 0.29) is 0 Å². The van der Waals surface area contributed by atoms with Crippen molar-refractivity contribution in [3.05, 3.63) is 33.4 Å². The number of aryl methyl sites for hydroxylation is 1. The number of nitrogens with zero attached hydrogens (tertiary/aromatic N) is 2. The van der Waals surface area contributed by atoms with Gasteiger partial charge in [-0.05, 0) is 59.5 Å². The third kappa shape index (κ3) is 7.01. The second-order valence-corrected chi connectivity index (χ2v) is 5.42. The second kappa shape index (κ2) is 9.62. The Bertz CT molecular complexity index is 451. The Morgan fingerprint density at radius 1 is 1.37 bits per heavy atom. The third-order valence-electron chi connectivity index (χ3n) is 2.72. The van der Waals surface area contributed by atoms with Gasteiger partial charge in [0, 0.05) is 17.2 Å². The number of aliphatic imine (C=N–C) groups is 1. The second-order valence-electron chi connectivity index (χ2n) is 4.18. The molecule has 1 aromatic rings. The standard InChI is InChI=1S/C14H19IN4/c1-17-14(19-11-16)18-9-4-2-3-6-12-7-5-8-13(15)10-12/h5,7-8,10H,2-4,6,9H2,1H3,(H2,17,18,19). The van der Waals surface area contributed by atoms with Gasteiger partial charge in [0.1, 0.15) is 0 Å². The molecule has 0 saturated carbocycles. The van der Waals surface area contributed by atoms with Crippen molar-refractivity contribution in [3.8, 4) is 6.19 Å². The van der Waals surface area contributed by atoms with Gasteiger partial charge in [-0.2, -0.15) is 5.26 Å². The lowest BCUT2D eigenvalue weighted by atomic mass is 10.1. The summed E-state index contributed by atoms with van der Waals surface area (Å²) in [7, 11) is 1.66. The third-order valence-corrected chi connectivity index (χ3v) is 3.39. The largest absolute Gasteiger partial charge is 0.356 e. The summed E-state index contributed by atoms with van der Waals surface area (Å²) in [5, 5.41) is 14.1. The molecular weight excluding hydrogens is 351 g/mol. The van der Waals surface area contributed by atoms with E-state index in [1.165, 1.54) is 22.0 Å². The fourth-order valence-electron chi connectivity index (χ4n) is 1.76. The highest BCUT2D eigenvalue weighted by molar-refractivity contribution is 14.1. The van der Waals surface area contributed by atoms with Gasteiger partial charge in [-0.3, -0.25) is 10.3 Å². The first-order valence-electron chi connectivity index (χ1n) is 6.36. The molecule has 0 aliphatic rings. The molecule has 5 heteroatoms. The number of nitriles is 1. The number of benzene rings is 1. The van der Waals surface area contributed by atoms with E-state index in [1.54, 1.807) is 7.05 Å². The van der Waals surface area contributed by atoms with E-state index in [0.717, 1.165) is 19.4 Å². The molecule has 0 aliphatic carbocycles. The van der Waals surface area contributed by atoms with Crippen molar-refractivity contribution in [2.75, 3.05) is 13.6 Å². The van der Waals surface area contributed by atoms with Crippen LogP contribution in [0.25, 0.3) is 0 Å². The highest BCUT2D eigenvalue weighted by Gasteiger charge is 1.97. The van der Waals surface area contributed by atoms with E-state index in [2.05, 4.69) is 62.5 Å². The van der Waals surface area contributed by atoms with Crippen molar-refractivity contribution >= 4 is 28.6 Å². The number of hydrogen-bond acceptors (Lipinski definition) is 2. The van der Waals surface area contributed by atoms with Crippen molar-refractivity contribution in [3.63, 3.8) is 0 Å². The van der Waals surface area contributed by atoms with Crippen LogP contribution in [0.5, 0.6) is 0 Å². The first-order chi connectivity index (χ1) is 9.26. The first-order valence-corrected chi connectivity index (χ1v) is 7.44. The zero-order valence-electron chi connectivity index (χ0n) is 11.1. The van der Waals surface area contributed by atoms with Crippen molar-refractivity contribution < 1.29 is 0 Å². The van der Waals surface area contributed by atoms with Crippen LogP contribution in [0.15, 0.2) is 29.3 Å². The average Bonchev–Trinajstić information content (AvgIpc) is 2.41. The zero-order valence-corrected chi connectivity index (χ0v) is 13.3. The van der Waals surface area contributed by atoms with E-state index in [0.29, 0.717) is 5.96 Å². The van der Waals surface area contributed by atoms with Crippen LogP contribution in [-0.4, -0.2) is 19.6 Å². The number of rotatable bonds is 6. The lowest BCUT2D eigenvalue weighted by Crippen LogP contribution is -2.34. The summed E-state index contributed by atoms with van der Waals surface area (Å²) < 4.78 is 1.29. The van der Waals surface area contributed by atoms with Gasteiger partial charge in [0.05, 0.1) is 0 Å². The topological polar surface area (TPSA) is 60.2 Å². The molecule has 1 aromatic carbocycles. The molecule has 0 unspecified atom stereocenters. The van der Waals surface area contributed by atoms with Crippen LogP contribution in [0.4, 0.5) is 0 Å². The van der Waals surface area contributed by atoms with E-state index < -0.39 is 0 Å². The number of nitrogens with one attached hydrogen (secondary N) is 2. The molecule has 0 heterocycles. The van der Waals surface area contributed by atoms with Gasteiger partial charge in [0.2, 0.25) is 5.96 Å². The summed E-state index contributed by atoms with van der Waals surface area (Å²) in [6, 6.07) is 8.63. The van der Waals surface area contributed by atoms with Gasteiger partial charge in [-0.25, -0.2) is 0 Å². The minimum absolute atomic E-state index is 0.542. The fraction of sp³-hybridized carbons (Fsp3) is 0.429. The first kappa shape index (κ1) is 15.8. The SMILES string of the molecule is CN=C(NC#N)NCCCCCc1cccc(I)c1. The summed E-state index contributed by atoms with van der Waals surface area (Å²) in [4.78, 5) is 3.92. The van der Waals surface area contributed by atoms with Crippen LogP contribution >= 0.6 is 22.6 Å². The monoisotopic (exact) mass is 370 g/mol. The fourth-order valence-corrected chi connectivity index (χ4v) is 2.37. The predicted octanol–water partition coefficient (Wildman–Crippen LogP) is 2.65. The smallest absolute Gasteiger partial charge is 0.204 e. The minimum Gasteiger partial charge on any atom is -0.356 e. The van der Waals surface area contributed by atoms with Gasteiger partial charge in [0.15, 0.2) is 6.19 Å². The molecule has 0 atom stereocenters. The molecule has 0 fully saturated rings.